The number of nitrogens with one attached hydrogen (secondary N) is 1. The second-order valence-corrected chi connectivity index (χ2v) is 4.44. The van der Waals surface area contributed by atoms with E-state index in [1.807, 2.05) is 0 Å². The summed E-state index contributed by atoms with van der Waals surface area (Å²) in [5.74, 6) is 0.921. The van der Waals surface area contributed by atoms with Gasteiger partial charge in [-0.2, -0.15) is 0 Å². The summed E-state index contributed by atoms with van der Waals surface area (Å²) < 4.78 is 0. The second-order valence-electron chi connectivity index (χ2n) is 4.44. The Morgan fingerprint density at radius 1 is 1.31 bits per heavy atom. The van der Waals surface area contributed by atoms with Crippen LogP contribution in [0.4, 0.5) is 0 Å². The predicted octanol–water partition coefficient (Wildman–Crippen LogP) is 1.72. The van der Waals surface area contributed by atoms with Crippen LogP contribution in [0.3, 0.4) is 0 Å². The fraction of sp³-hybridized carbons (Fsp3) is 1.00. The van der Waals surface area contributed by atoms with E-state index in [2.05, 4.69) is 31.0 Å². The van der Waals surface area contributed by atoms with Crippen LogP contribution in [0.25, 0.3) is 0 Å². The summed E-state index contributed by atoms with van der Waals surface area (Å²) in [5.41, 5.74) is 0. The Morgan fingerprint density at radius 2 is 1.92 bits per heavy atom. The minimum Gasteiger partial charge on any atom is -0.314 e. The maximum atomic E-state index is 3.53. The lowest BCUT2D eigenvalue weighted by molar-refractivity contribution is 0.188. The molecule has 1 saturated heterocycles. The average Bonchev–Trinajstić information content (AvgIpc) is 2.15. The molecule has 13 heavy (non-hydrogen) atoms. The van der Waals surface area contributed by atoms with E-state index in [1.165, 1.54) is 39.0 Å². The molecular formula is C11H24N2. The molecule has 0 spiro atoms. The van der Waals surface area contributed by atoms with Crippen LogP contribution < -0.4 is 5.32 Å². The van der Waals surface area contributed by atoms with Gasteiger partial charge in [-0.3, -0.25) is 0 Å². The molecule has 0 saturated carbocycles. The van der Waals surface area contributed by atoms with Gasteiger partial charge in [0.15, 0.2) is 0 Å². The van der Waals surface area contributed by atoms with Gasteiger partial charge in [0.05, 0.1) is 0 Å². The van der Waals surface area contributed by atoms with Crippen LogP contribution in [0.5, 0.6) is 0 Å². The molecular weight excluding hydrogens is 160 g/mol. The lowest BCUT2D eigenvalue weighted by atomic mass is 9.96. The zero-order valence-electron chi connectivity index (χ0n) is 9.34. The Bertz CT molecular complexity index is 126. The normalized spacial score (nSPS) is 21.2. The van der Waals surface area contributed by atoms with Gasteiger partial charge in [-0.15, -0.1) is 0 Å². The Labute approximate surface area is 82.7 Å². The molecule has 1 aliphatic rings. The van der Waals surface area contributed by atoms with Crippen molar-refractivity contribution in [2.45, 2.75) is 39.7 Å². The van der Waals surface area contributed by atoms with E-state index >= 15 is 0 Å². The largest absolute Gasteiger partial charge is 0.314 e. The highest BCUT2D eigenvalue weighted by Crippen LogP contribution is 2.15. The number of hydrogen-bond donors (Lipinski definition) is 1. The summed E-state index contributed by atoms with van der Waals surface area (Å²) >= 11 is 0. The summed E-state index contributed by atoms with van der Waals surface area (Å²) in [6.07, 6.45) is 2.76. The van der Waals surface area contributed by atoms with E-state index in [-0.39, 0.29) is 0 Å². The fourth-order valence-corrected chi connectivity index (χ4v) is 1.91. The third-order valence-corrected chi connectivity index (χ3v) is 2.97. The van der Waals surface area contributed by atoms with Gasteiger partial charge in [0.1, 0.15) is 0 Å². The van der Waals surface area contributed by atoms with Crippen molar-refractivity contribution in [2.24, 2.45) is 5.92 Å². The summed E-state index contributed by atoms with van der Waals surface area (Å²) in [6.45, 7) is 11.8. The van der Waals surface area contributed by atoms with E-state index in [4.69, 9.17) is 0 Å². The SMILES string of the molecule is CCN1CCC(CNC(C)C)CC1. The van der Waals surface area contributed by atoms with Gasteiger partial charge in [0, 0.05) is 6.04 Å². The number of nitrogens with zero attached hydrogens (tertiary/aromatic N) is 1. The van der Waals surface area contributed by atoms with Gasteiger partial charge in [-0.1, -0.05) is 20.8 Å². The van der Waals surface area contributed by atoms with Gasteiger partial charge in [-0.05, 0) is 44.9 Å². The van der Waals surface area contributed by atoms with Crippen molar-refractivity contribution < 1.29 is 0 Å². The highest BCUT2D eigenvalue weighted by molar-refractivity contribution is 4.73. The van der Waals surface area contributed by atoms with E-state index < -0.39 is 0 Å². The first-order chi connectivity index (χ1) is 6.22. The third kappa shape index (κ3) is 4.10. The monoisotopic (exact) mass is 184 g/mol. The van der Waals surface area contributed by atoms with Crippen LogP contribution in [0.2, 0.25) is 0 Å². The maximum Gasteiger partial charge on any atom is 0.00104 e. The lowest BCUT2D eigenvalue weighted by Gasteiger charge is -2.31. The highest BCUT2D eigenvalue weighted by atomic mass is 15.1. The Balaban J connectivity index is 2.10. The first-order valence-electron chi connectivity index (χ1n) is 5.68. The van der Waals surface area contributed by atoms with Gasteiger partial charge in [0.2, 0.25) is 0 Å². The molecule has 1 rings (SSSR count). The van der Waals surface area contributed by atoms with Crippen LogP contribution in [-0.2, 0) is 0 Å². The topological polar surface area (TPSA) is 15.3 Å². The second kappa shape index (κ2) is 5.61. The quantitative estimate of drug-likeness (QED) is 0.715. The lowest BCUT2D eigenvalue weighted by Crippen LogP contribution is -2.38. The molecule has 1 fully saturated rings. The molecule has 0 aliphatic carbocycles. The molecule has 0 radical (unpaired) electrons. The zero-order chi connectivity index (χ0) is 9.68. The maximum absolute atomic E-state index is 3.53. The molecule has 78 valence electrons. The smallest absolute Gasteiger partial charge is 0.00104 e. The number of likely N-dealkylation sites (tertiary alicyclic amines) is 1. The number of piperidine rings is 1. The fourth-order valence-electron chi connectivity index (χ4n) is 1.91. The third-order valence-electron chi connectivity index (χ3n) is 2.97. The van der Waals surface area contributed by atoms with Crippen molar-refractivity contribution in [3.8, 4) is 0 Å². The zero-order valence-corrected chi connectivity index (χ0v) is 9.34. The average molecular weight is 184 g/mol. The van der Waals surface area contributed by atoms with E-state index in [0.717, 1.165) is 5.92 Å². The molecule has 2 nitrogen and oxygen atoms in total. The Hall–Kier alpha value is -0.0800. The van der Waals surface area contributed by atoms with Crippen molar-refractivity contribution in [1.29, 1.82) is 0 Å². The summed E-state index contributed by atoms with van der Waals surface area (Å²) in [7, 11) is 0. The predicted molar refractivity (Wildman–Crippen MR) is 58.0 cm³/mol. The molecule has 0 aromatic heterocycles. The van der Waals surface area contributed by atoms with Gasteiger partial charge in [-0.25, -0.2) is 0 Å². The summed E-state index contributed by atoms with van der Waals surface area (Å²) in [5, 5.41) is 3.53. The first kappa shape index (κ1) is 11.0. The highest BCUT2D eigenvalue weighted by Gasteiger charge is 2.17. The van der Waals surface area contributed by atoms with Crippen LogP contribution >= 0.6 is 0 Å². The van der Waals surface area contributed by atoms with Crippen molar-refractivity contribution in [1.82, 2.24) is 10.2 Å². The van der Waals surface area contributed by atoms with Crippen molar-refractivity contribution in [3.05, 3.63) is 0 Å². The minimum atomic E-state index is 0.643. The summed E-state index contributed by atoms with van der Waals surface area (Å²) in [6, 6.07) is 0.643. The van der Waals surface area contributed by atoms with Crippen molar-refractivity contribution in [3.63, 3.8) is 0 Å². The summed E-state index contributed by atoms with van der Waals surface area (Å²) in [4.78, 5) is 2.55. The molecule has 1 heterocycles. The molecule has 1 N–H and O–H groups in total. The van der Waals surface area contributed by atoms with Crippen molar-refractivity contribution >= 4 is 0 Å². The molecule has 0 aromatic rings. The molecule has 0 aromatic carbocycles. The van der Waals surface area contributed by atoms with Gasteiger partial charge >= 0.3 is 0 Å². The number of rotatable bonds is 4. The van der Waals surface area contributed by atoms with E-state index in [0.29, 0.717) is 6.04 Å². The van der Waals surface area contributed by atoms with Crippen LogP contribution in [0, 0.1) is 5.92 Å². The van der Waals surface area contributed by atoms with Gasteiger partial charge < -0.3 is 10.2 Å². The van der Waals surface area contributed by atoms with Crippen LogP contribution in [-0.4, -0.2) is 37.1 Å². The van der Waals surface area contributed by atoms with E-state index in [9.17, 15) is 0 Å². The van der Waals surface area contributed by atoms with Crippen molar-refractivity contribution in [2.75, 3.05) is 26.2 Å². The van der Waals surface area contributed by atoms with E-state index in [1.54, 1.807) is 0 Å². The molecule has 2 heteroatoms. The molecule has 0 unspecified atom stereocenters. The standard InChI is InChI=1S/C11H24N2/c1-4-13-7-5-11(6-8-13)9-12-10(2)3/h10-12H,4-9H2,1-3H3. The molecule has 0 bridgehead atoms. The molecule has 0 atom stereocenters. The number of hydrogen-bond acceptors (Lipinski definition) is 2. The first-order valence-corrected chi connectivity index (χ1v) is 5.68. The minimum absolute atomic E-state index is 0.643. The van der Waals surface area contributed by atoms with Crippen LogP contribution in [0.15, 0.2) is 0 Å². The van der Waals surface area contributed by atoms with Crippen LogP contribution in [0.1, 0.15) is 33.6 Å². The Kier molecular flexibility index (Phi) is 4.74. The molecule has 0 amide bonds. The van der Waals surface area contributed by atoms with Gasteiger partial charge in [0.25, 0.3) is 0 Å². The molecule has 1 aliphatic heterocycles. The Morgan fingerprint density at radius 3 is 2.38 bits per heavy atom.